The van der Waals surface area contributed by atoms with Crippen LogP contribution in [0.3, 0.4) is 0 Å². The standard InChI is InChI=1S/C15H23NO/c1-3-4-5-6-9-12-16-15(17)14-11-8-7-10-13(14)2/h7-8,10-11H,3-6,9,12H2,1-2H3,(H,16,17). The molecule has 1 amide bonds. The maximum absolute atomic E-state index is 11.8. The van der Waals surface area contributed by atoms with E-state index >= 15 is 0 Å². The van der Waals surface area contributed by atoms with Gasteiger partial charge in [0.2, 0.25) is 0 Å². The maximum atomic E-state index is 11.8. The quantitative estimate of drug-likeness (QED) is 0.715. The molecule has 17 heavy (non-hydrogen) atoms. The van der Waals surface area contributed by atoms with Gasteiger partial charge in [0.05, 0.1) is 0 Å². The second-order valence-electron chi connectivity index (χ2n) is 4.49. The average molecular weight is 233 g/mol. The second-order valence-corrected chi connectivity index (χ2v) is 4.49. The molecule has 0 aliphatic carbocycles. The second kappa shape index (κ2) is 7.88. The van der Waals surface area contributed by atoms with Gasteiger partial charge in [0.25, 0.3) is 5.91 Å². The molecule has 0 saturated carbocycles. The first-order chi connectivity index (χ1) is 8.25. The summed E-state index contributed by atoms with van der Waals surface area (Å²) in [6, 6.07) is 7.71. The van der Waals surface area contributed by atoms with Gasteiger partial charge in [-0.25, -0.2) is 0 Å². The third-order valence-corrected chi connectivity index (χ3v) is 2.96. The lowest BCUT2D eigenvalue weighted by Crippen LogP contribution is -2.25. The number of hydrogen-bond acceptors (Lipinski definition) is 1. The van der Waals surface area contributed by atoms with Crippen molar-refractivity contribution in [1.82, 2.24) is 5.32 Å². The Hall–Kier alpha value is -1.31. The van der Waals surface area contributed by atoms with E-state index in [2.05, 4.69) is 12.2 Å². The Labute approximate surface area is 104 Å². The number of unbranched alkanes of at least 4 members (excludes halogenated alkanes) is 4. The number of rotatable bonds is 7. The number of aryl methyl sites for hydroxylation is 1. The number of carbonyl (C=O) groups excluding carboxylic acids is 1. The van der Waals surface area contributed by atoms with Crippen LogP contribution in [0, 0.1) is 6.92 Å². The van der Waals surface area contributed by atoms with Crippen LogP contribution in [-0.4, -0.2) is 12.5 Å². The van der Waals surface area contributed by atoms with Crippen molar-refractivity contribution < 1.29 is 4.79 Å². The first-order valence-corrected chi connectivity index (χ1v) is 6.59. The summed E-state index contributed by atoms with van der Waals surface area (Å²) < 4.78 is 0. The Kier molecular flexibility index (Phi) is 6.38. The highest BCUT2D eigenvalue weighted by molar-refractivity contribution is 5.95. The van der Waals surface area contributed by atoms with Gasteiger partial charge in [-0.15, -0.1) is 0 Å². The highest BCUT2D eigenvalue weighted by atomic mass is 16.1. The van der Waals surface area contributed by atoms with E-state index < -0.39 is 0 Å². The molecule has 0 aliphatic heterocycles. The largest absolute Gasteiger partial charge is 0.352 e. The van der Waals surface area contributed by atoms with Gasteiger partial charge < -0.3 is 5.32 Å². The van der Waals surface area contributed by atoms with Crippen molar-refractivity contribution >= 4 is 5.91 Å². The summed E-state index contributed by atoms with van der Waals surface area (Å²) in [4.78, 5) is 11.8. The number of carbonyl (C=O) groups is 1. The van der Waals surface area contributed by atoms with E-state index in [1.807, 2.05) is 31.2 Å². The van der Waals surface area contributed by atoms with E-state index in [1.165, 1.54) is 25.7 Å². The molecule has 0 heterocycles. The Morgan fingerprint density at radius 1 is 1.12 bits per heavy atom. The zero-order valence-corrected chi connectivity index (χ0v) is 11.0. The fourth-order valence-corrected chi connectivity index (χ4v) is 1.85. The predicted molar refractivity (Wildman–Crippen MR) is 72.3 cm³/mol. The topological polar surface area (TPSA) is 29.1 Å². The maximum Gasteiger partial charge on any atom is 0.251 e. The molecule has 2 nitrogen and oxygen atoms in total. The van der Waals surface area contributed by atoms with E-state index in [0.717, 1.165) is 24.1 Å². The molecule has 0 aliphatic rings. The molecule has 0 fully saturated rings. The summed E-state index contributed by atoms with van der Waals surface area (Å²) in [6.45, 7) is 4.97. The van der Waals surface area contributed by atoms with Crippen LogP contribution < -0.4 is 5.32 Å². The van der Waals surface area contributed by atoms with Crippen LogP contribution in [0.4, 0.5) is 0 Å². The zero-order valence-electron chi connectivity index (χ0n) is 11.0. The van der Waals surface area contributed by atoms with Crippen LogP contribution >= 0.6 is 0 Å². The van der Waals surface area contributed by atoms with Crippen molar-refractivity contribution in [2.24, 2.45) is 0 Å². The third kappa shape index (κ3) is 5.03. The van der Waals surface area contributed by atoms with Crippen LogP contribution in [0.2, 0.25) is 0 Å². The van der Waals surface area contributed by atoms with E-state index in [0.29, 0.717) is 0 Å². The molecule has 94 valence electrons. The van der Waals surface area contributed by atoms with Crippen LogP contribution in [0.25, 0.3) is 0 Å². The van der Waals surface area contributed by atoms with Crippen molar-refractivity contribution in [3.8, 4) is 0 Å². The van der Waals surface area contributed by atoms with Crippen molar-refractivity contribution in [1.29, 1.82) is 0 Å². The first-order valence-electron chi connectivity index (χ1n) is 6.59. The van der Waals surface area contributed by atoms with E-state index in [9.17, 15) is 4.79 Å². The molecular formula is C15H23NO. The molecule has 0 bridgehead atoms. The lowest BCUT2D eigenvalue weighted by Gasteiger charge is -2.07. The molecule has 1 N–H and O–H groups in total. The van der Waals surface area contributed by atoms with Crippen molar-refractivity contribution in [2.75, 3.05) is 6.54 Å². The van der Waals surface area contributed by atoms with Crippen LogP contribution in [-0.2, 0) is 0 Å². The molecule has 0 radical (unpaired) electrons. The third-order valence-electron chi connectivity index (χ3n) is 2.96. The number of amides is 1. The normalized spacial score (nSPS) is 10.2. The Bertz CT molecular complexity index is 347. The van der Waals surface area contributed by atoms with Gasteiger partial charge in [0, 0.05) is 12.1 Å². The van der Waals surface area contributed by atoms with Crippen LogP contribution in [0.15, 0.2) is 24.3 Å². The van der Waals surface area contributed by atoms with Gasteiger partial charge in [0.15, 0.2) is 0 Å². The molecule has 1 aromatic rings. The SMILES string of the molecule is CCCCCCCNC(=O)c1ccccc1C. The molecule has 1 rings (SSSR count). The Morgan fingerprint density at radius 2 is 1.82 bits per heavy atom. The summed E-state index contributed by atoms with van der Waals surface area (Å²) in [7, 11) is 0. The fourth-order valence-electron chi connectivity index (χ4n) is 1.85. The minimum absolute atomic E-state index is 0.0543. The van der Waals surface area contributed by atoms with Crippen molar-refractivity contribution in [3.63, 3.8) is 0 Å². The Morgan fingerprint density at radius 3 is 2.53 bits per heavy atom. The summed E-state index contributed by atoms with van der Waals surface area (Å²) in [5.74, 6) is 0.0543. The van der Waals surface area contributed by atoms with E-state index in [4.69, 9.17) is 0 Å². The smallest absolute Gasteiger partial charge is 0.251 e. The molecule has 0 saturated heterocycles. The lowest BCUT2D eigenvalue weighted by molar-refractivity contribution is 0.0952. The summed E-state index contributed by atoms with van der Waals surface area (Å²) in [5.41, 5.74) is 1.83. The van der Waals surface area contributed by atoms with Gasteiger partial charge in [-0.3, -0.25) is 4.79 Å². The highest BCUT2D eigenvalue weighted by Gasteiger charge is 2.06. The monoisotopic (exact) mass is 233 g/mol. The summed E-state index contributed by atoms with van der Waals surface area (Å²) >= 11 is 0. The van der Waals surface area contributed by atoms with E-state index in [1.54, 1.807) is 0 Å². The van der Waals surface area contributed by atoms with Crippen LogP contribution in [0.5, 0.6) is 0 Å². The highest BCUT2D eigenvalue weighted by Crippen LogP contribution is 2.06. The van der Waals surface area contributed by atoms with Gasteiger partial charge in [-0.05, 0) is 25.0 Å². The first kappa shape index (κ1) is 13.8. The van der Waals surface area contributed by atoms with Gasteiger partial charge >= 0.3 is 0 Å². The number of nitrogens with one attached hydrogen (secondary N) is 1. The average Bonchev–Trinajstić information content (AvgIpc) is 2.34. The van der Waals surface area contributed by atoms with Crippen LogP contribution in [0.1, 0.15) is 54.9 Å². The molecule has 2 heteroatoms. The fraction of sp³-hybridized carbons (Fsp3) is 0.533. The van der Waals surface area contributed by atoms with Crippen molar-refractivity contribution in [3.05, 3.63) is 35.4 Å². The van der Waals surface area contributed by atoms with Gasteiger partial charge in [-0.1, -0.05) is 50.8 Å². The molecule has 0 atom stereocenters. The molecule has 1 aromatic carbocycles. The number of hydrogen-bond donors (Lipinski definition) is 1. The predicted octanol–water partition coefficient (Wildman–Crippen LogP) is 3.70. The zero-order chi connectivity index (χ0) is 12.5. The molecule has 0 spiro atoms. The molecule has 0 unspecified atom stereocenters. The molecule has 0 aromatic heterocycles. The minimum Gasteiger partial charge on any atom is -0.352 e. The lowest BCUT2D eigenvalue weighted by atomic mass is 10.1. The van der Waals surface area contributed by atoms with Crippen molar-refractivity contribution in [2.45, 2.75) is 46.0 Å². The minimum atomic E-state index is 0.0543. The van der Waals surface area contributed by atoms with E-state index in [-0.39, 0.29) is 5.91 Å². The molecular weight excluding hydrogens is 210 g/mol. The Balaban J connectivity index is 2.24. The summed E-state index contributed by atoms with van der Waals surface area (Å²) in [5, 5.41) is 2.98. The van der Waals surface area contributed by atoms with Gasteiger partial charge in [0.1, 0.15) is 0 Å². The summed E-state index contributed by atoms with van der Waals surface area (Å²) in [6.07, 6.45) is 6.12. The van der Waals surface area contributed by atoms with Gasteiger partial charge in [-0.2, -0.15) is 0 Å². The number of benzene rings is 1.